The molecule has 0 heterocycles. The Morgan fingerprint density at radius 2 is 1.89 bits per heavy atom. The van der Waals surface area contributed by atoms with Gasteiger partial charge in [0.1, 0.15) is 0 Å². The standard InChI is InChI=1S/C16H22N2O/c1-4-5-6-11-16(19)17-12-14-9-7-8-10-15(14)13-18(2)3/h4-11H,12-13H2,1-3H3,(H,17,19)/b5-4+,11-6+. The Balaban J connectivity index is 2.59. The highest BCUT2D eigenvalue weighted by atomic mass is 16.1. The molecule has 19 heavy (non-hydrogen) atoms. The molecule has 0 aromatic heterocycles. The molecule has 0 unspecified atom stereocenters. The molecule has 1 N–H and O–H groups in total. The van der Waals surface area contributed by atoms with Gasteiger partial charge >= 0.3 is 0 Å². The molecule has 1 amide bonds. The lowest BCUT2D eigenvalue weighted by atomic mass is 10.1. The van der Waals surface area contributed by atoms with Gasteiger partial charge in [-0.25, -0.2) is 0 Å². The fourth-order valence-corrected chi connectivity index (χ4v) is 1.72. The molecule has 0 bridgehead atoms. The lowest BCUT2D eigenvalue weighted by molar-refractivity contribution is -0.116. The van der Waals surface area contributed by atoms with Crippen molar-refractivity contribution in [2.24, 2.45) is 0 Å². The summed E-state index contributed by atoms with van der Waals surface area (Å²) in [6.07, 6.45) is 6.99. The maximum atomic E-state index is 11.6. The van der Waals surface area contributed by atoms with Crippen LogP contribution in [0.5, 0.6) is 0 Å². The number of amides is 1. The molecule has 0 atom stereocenters. The van der Waals surface area contributed by atoms with Crippen molar-refractivity contribution < 1.29 is 4.79 Å². The third-order valence-corrected chi connectivity index (χ3v) is 2.61. The van der Waals surface area contributed by atoms with Crippen LogP contribution in [0, 0.1) is 0 Å². The molecule has 0 saturated carbocycles. The van der Waals surface area contributed by atoms with Crippen LogP contribution < -0.4 is 5.32 Å². The molecule has 3 nitrogen and oxygen atoms in total. The zero-order valence-corrected chi connectivity index (χ0v) is 11.9. The second-order valence-electron chi connectivity index (χ2n) is 4.61. The normalized spacial score (nSPS) is 11.6. The summed E-state index contributed by atoms with van der Waals surface area (Å²) in [5.41, 5.74) is 2.40. The third-order valence-electron chi connectivity index (χ3n) is 2.61. The van der Waals surface area contributed by atoms with Crippen molar-refractivity contribution >= 4 is 5.91 Å². The van der Waals surface area contributed by atoms with E-state index in [2.05, 4.69) is 22.3 Å². The van der Waals surface area contributed by atoms with Gasteiger partial charge in [0, 0.05) is 19.2 Å². The molecule has 0 aliphatic rings. The summed E-state index contributed by atoms with van der Waals surface area (Å²) < 4.78 is 0. The van der Waals surface area contributed by atoms with Crippen molar-refractivity contribution in [2.45, 2.75) is 20.0 Å². The maximum Gasteiger partial charge on any atom is 0.244 e. The van der Waals surface area contributed by atoms with Gasteiger partial charge in [-0.2, -0.15) is 0 Å². The average Bonchev–Trinajstić information content (AvgIpc) is 2.37. The van der Waals surface area contributed by atoms with Crippen LogP contribution >= 0.6 is 0 Å². The average molecular weight is 258 g/mol. The Morgan fingerprint density at radius 3 is 2.53 bits per heavy atom. The third kappa shape index (κ3) is 6.02. The first kappa shape index (κ1) is 15.2. The molecule has 1 aromatic carbocycles. The highest BCUT2D eigenvalue weighted by Crippen LogP contribution is 2.10. The van der Waals surface area contributed by atoms with Crippen LogP contribution in [0.15, 0.2) is 48.6 Å². The Morgan fingerprint density at radius 1 is 1.21 bits per heavy atom. The van der Waals surface area contributed by atoms with Crippen LogP contribution in [0.3, 0.4) is 0 Å². The monoisotopic (exact) mass is 258 g/mol. The molecule has 0 saturated heterocycles. The van der Waals surface area contributed by atoms with Crippen molar-refractivity contribution in [3.63, 3.8) is 0 Å². The van der Waals surface area contributed by atoms with E-state index in [4.69, 9.17) is 0 Å². The van der Waals surface area contributed by atoms with Crippen molar-refractivity contribution in [1.82, 2.24) is 10.2 Å². The summed E-state index contributed by atoms with van der Waals surface area (Å²) in [6.45, 7) is 3.35. The number of carbonyl (C=O) groups excluding carboxylic acids is 1. The van der Waals surface area contributed by atoms with Gasteiger partial charge in [-0.3, -0.25) is 4.79 Å². The fourth-order valence-electron chi connectivity index (χ4n) is 1.72. The molecule has 0 aliphatic carbocycles. The highest BCUT2D eigenvalue weighted by molar-refractivity contribution is 5.87. The minimum Gasteiger partial charge on any atom is -0.348 e. The highest BCUT2D eigenvalue weighted by Gasteiger charge is 2.03. The predicted molar refractivity (Wildman–Crippen MR) is 79.6 cm³/mol. The molecule has 0 fully saturated rings. The summed E-state index contributed by atoms with van der Waals surface area (Å²) in [7, 11) is 4.07. The van der Waals surface area contributed by atoms with E-state index in [0.29, 0.717) is 6.54 Å². The Kier molecular flexibility index (Phi) is 6.61. The number of allylic oxidation sites excluding steroid dienone is 3. The minimum absolute atomic E-state index is 0.0715. The first-order valence-electron chi connectivity index (χ1n) is 6.42. The SMILES string of the molecule is C/C=C/C=C/C(=O)NCc1ccccc1CN(C)C. The van der Waals surface area contributed by atoms with Crippen LogP contribution in [0.2, 0.25) is 0 Å². The van der Waals surface area contributed by atoms with E-state index in [0.717, 1.165) is 12.1 Å². The lowest BCUT2D eigenvalue weighted by Crippen LogP contribution is -2.22. The van der Waals surface area contributed by atoms with E-state index in [9.17, 15) is 4.79 Å². The molecule has 0 aliphatic heterocycles. The number of carbonyl (C=O) groups is 1. The Hall–Kier alpha value is -1.87. The van der Waals surface area contributed by atoms with E-state index < -0.39 is 0 Å². The molecule has 0 spiro atoms. The minimum atomic E-state index is -0.0715. The summed E-state index contributed by atoms with van der Waals surface area (Å²) in [5, 5.41) is 2.89. The zero-order valence-electron chi connectivity index (χ0n) is 11.9. The second kappa shape index (κ2) is 8.27. The van der Waals surface area contributed by atoms with E-state index >= 15 is 0 Å². The van der Waals surface area contributed by atoms with Crippen LogP contribution in [0.25, 0.3) is 0 Å². The summed E-state index contributed by atoms with van der Waals surface area (Å²) in [5.74, 6) is -0.0715. The largest absolute Gasteiger partial charge is 0.348 e. The first-order valence-corrected chi connectivity index (χ1v) is 6.42. The molecular weight excluding hydrogens is 236 g/mol. The summed E-state index contributed by atoms with van der Waals surface area (Å²) >= 11 is 0. The van der Waals surface area contributed by atoms with Crippen LogP contribution in [-0.2, 0) is 17.9 Å². The number of rotatable bonds is 6. The van der Waals surface area contributed by atoms with E-state index in [1.165, 1.54) is 11.6 Å². The zero-order chi connectivity index (χ0) is 14.1. The molecule has 102 valence electrons. The van der Waals surface area contributed by atoms with E-state index in [1.54, 1.807) is 6.08 Å². The molecule has 1 rings (SSSR count). The lowest BCUT2D eigenvalue weighted by Gasteiger charge is -2.14. The fraction of sp³-hybridized carbons (Fsp3) is 0.312. The van der Waals surface area contributed by atoms with E-state index in [1.807, 2.05) is 45.3 Å². The topological polar surface area (TPSA) is 32.3 Å². The molecule has 3 heteroatoms. The van der Waals surface area contributed by atoms with Gasteiger partial charge in [0.25, 0.3) is 0 Å². The predicted octanol–water partition coefficient (Wildman–Crippen LogP) is 2.50. The Bertz CT molecular complexity index is 462. The first-order chi connectivity index (χ1) is 9.13. The van der Waals surface area contributed by atoms with Gasteiger partial charge < -0.3 is 10.2 Å². The van der Waals surface area contributed by atoms with Crippen molar-refractivity contribution in [2.75, 3.05) is 14.1 Å². The molecule has 1 aromatic rings. The van der Waals surface area contributed by atoms with Crippen molar-refractivity contribution in [1.29, 1.82) is 0 Å². The second-order valence-corrected chi connectivity index (χ2v) is 4.61. The maximum absolute atomic E-state index is 11.6. The van der Waals surface area contributed by atoms with Crippen molar-refractivity contribution in [3.05, 3.63) is 59.7 Å². The van der Waals surface area contributed by atoms with Crippen LogP contribution in [0.4, 0.5) is 0 Å². The van der Waals surface area contributed by atoms with Gasteiger partial charge in [-0.15, -0.1) is 0 Å². The van der Waals surface area contributed by atoms with Gasteiger partial charge in [0.15, 0.2) is 0 Å². The van der Waals surface area contributed by atoms with E-state index in [-0.39, 0.29) is 5.91 Å². The number of hydrogen-bond donors (Lipinski definition) is 1. The quantitative estimate of drug-likeness (QED) is 0.628. The van der Waals surface area contributed by atoms with Gasteiger partial charge in [0.2, 0.25) is 5.91 Å². The van der Waals surface area contributed by atoms with Crippen LogP contribution in [0.1, 0.15) is 18.1 Å². The number of hydrogen-bond acceptors (Lipinski definition) is 2. The number of nitrogens with one attached hydrogen (secondary N) is 1. The molecular formula is C16H22N2O. The smallest absolute Gasteiger partial charge is 0.244 e. The van der Waals surface area contributed by atoms with Crippen LogP contribution in [-0.4, -0.2) is 24.9 Å². The molecule has 0 radical (unpaired) electrons. The number of nitrogens with zero attached hydrogens (tertiary/aromatic N) is 1. The van der Waals surface area contributed by atoms with Crippen molar-refractivity contribution in [3.8, 4) is 0 Å². The summed E-state index contributed by atoms with van der Waals surface area (Å²) in [6, 6.07) is 8.17. The van der Waals surface area contributed by atoms with Gasteiger partial charge in [0.05, 0.1) is 0 Å². The summed E-state index contributed by atoms with van der Waals surface area (Å²) in [4.78, 5) is 13.7. The van der Waals surface area contributed by atoms with Gasteiger partial charge in [-0.05, 0) is 32.1 Å². The van der Waals surface area contributed by atoms with Gasteiger partial charge in [-0.1, -0.05) is 42.5 Å². The Labute approximate surface area is 115 Å². The number of benzene rings is 1.